The fraction of sp³-hybridized carbons (Fsp3) is 0.316. The van der Waals surface area contributed by atoms with Crippen LogP contribution < -0.4 is 10.3 Å². The zero-order valence-corrected chi connectivity index (χ0v) is 15.7. The molecule has 7 heteroatoms. The minimum atomic E-state index is -1.06. The first kappa shape index (κ1) is 18.1. The van der Waals surface area contributed by atoms with Crippen LogP contribution in [-0.4, -0.2) is 27.7 Å². The number of carbonyl (C=O) groups is 1. The lowest BCUT2D eigenvalue weighted by atomic mass is 10.0. The van der Waals surface area contributed by atoms with Gasteiger partial charge in [0.05, 0.1) is 12.5 Å². The number of methoxy groups -OCH3 is 1. The van der Waals surface area contributed by atoms with Gasteiger partial charge in [-0.05, 0) is 25.5 Å². The number of aliphatic carboxylic acids is 1. The monoisotopic (exact) mass is 372 g/mol. The second kappa shape index (κ2) is 7.29. The van der Waals surface area contributed by atoms with Crippen molar-refractivity contribution in [1.29, 1.82) is 0 Å². The predicted molar refractivity (Wildman–Crippen MR) is 102 cm³/mol. The first-order chi connectivity index (χ1) is 12.5. The average molecular weight is 372 g/mol. The molecule has 0 bridgehead atoms. The summed E-state index contributed by atoms with van der Waals surface area (Å²) in [5.41, 5.74) is 2.26. The predicted octanol–water partition coefficient (Wildman–Crippen LogP) is 3.48. The maximum Gasteiger partial charge on any atom is 0.323 e. The average Bonchev–Trinajstić information content (AvgIpc) is 3.02. The van der Waals surface area contributed by atoms with Crippen LogP contribution in [0.15, 0.2) is 28.4 Å². The molecule has 1 N–H and O–H groups in total. The lowest BCUT2D eigenvalue weighted by molar-refractivity contribution is -0.137. The molecule has 2 heterocycles. The van der Waals surface area contributed by atoms with Crippen LogP contribution in [0.3, 0.4) is 0 Å². The molecule has 0 aliphatic rings. The molecule has 6 nitrogen and oxygen atoms in total. The number of nitrogens with zero attached hydrogens (tertiary/aromatic N) is 2. The number of carboxylic acid groups (broad SMARTS) is 1. The molecule has 1 aromatic carbocycles. The van der Waals surface area contributed by atoms with E-state index in [1.54, 1.807) is 7.11 Å². The Balaban J connectivity index is 2.32. The zero-order chi connectivity index (χ0) is 18.8. The largest absolute Gasteiger partial charge is 0.496 e. The van der Waals surface area contributed by atoms with Gasteiger partial charge in [-0.25, -0.2) is 4.98 Å². The van der Waals surface area contributed by atoms with Gasteiger partial charge in [0, 0.05) is 22.9 Å². The Kier molecular flexibility index (Phi) is 5.08. The number of hydrogen-bond donors (Lipinski definition) is 1. The zero-order valence-electron chi connectivity index (χ0n) is 14.9. The van der Waals surface area contributed by atoms with Crippen molar-refractivity contribution in [3.8, 4) is 16.9 Å². The van der Waals surface area contributed by atoms with Gasteiger partial charge in [-0.1, -0.05) is 18.6 Å². The Bertz CT molecular complexity index is 1040. The second-order valence-electron chi connectivity index (χ2n) is 6.10. The Morgan fingerprint density at radius 1 is 1.35 bits per heavy atom. The fourth-order valence-corrected chi connectivity index (χ4v) is 3.96. The van der Waals surface area contributed by atoms with Crippen LogP contribution >= 0.6 is 11.3 Å². The third kappa shape index (κ3) is 3.22. The number of aryl methyl sites for hydroxylation is 2. The summed E-state index contributed by atoms with van der Waals surface area (Å²) in [6.07, 6.45) is 1.33. The fourth-order valence-electron chi connectivity index (χ4n) is 3.01. The van der Waals surface area contributed by atoms with Gasteiger partial charge in [0.25, 0.3) is 5.56 Å². The SMILES string of the molecule is CCCc1nc2scc(-c3cc(C)ccc3OC)c2c(=O)n1CC(=O)O. The maximum absolute atomic E-state index is 13.1. The van der Waals surface area contributed by atoms with E-state index < -0.39 is 12.5 Å². The molecule has 3 aromatic rings. The molecule has 136 valence electrons. The van der Waals surface area contributed by atoms with Crippen molar-refractivity contribution < 1.29 is 14.6 Å². The number of fused-ring (bicyclic) bond motifs is 1. The van der Waals surface area contributed by atoms with E-state index in [9.17, 15) is 14.7 Å². The standard InChI is InChI=1S/C19H20N2O4S/c1-4-5-15-20-18-17(19(24)21(15)9-16(22)23)13(10-26-18)12-8-11(2)6-7-14(12)25-3/h6-8,10H,4-5,9H2,1-3H3,(H,22,23). The van der Waals surface area contributed by atoms with Crippen LogP contribution in [0.1, 0.15) is 24.7 Å². The van der Waals surface area contributed by atoms with E-state index in [1.165, 1.54) is 15.9 Å². The number of hydrogen-bond acceptors (Lipinski definition) is 5. The molecular formula is C19H20N2O4S. The van der Waals surface area contributed by atoms with E-state index in [4.69, 9.17) is 4.74 Å². The Morgan fingerprint density at radius 2 is 2.12 bits per heavy atom. The first-order valence-corrected chi connectivity index (χ1v) is 9.22. The van der Waals surface area contributed by atoms with Crippen molar-refractivity contribution in [2.45, 2.75) is 33.2 Å². The molecule has 0 atom stereocenters. The van der Waals surface area contributed by atoms with Crippen molar-refractivity contribution in [1.82, 2.24) is 9.55 Å². The van der Waals surface area contributed by atoms with Gasteiger partial charge in [0.15, 0.2) is 0 Å². The molecular weight excluding hydrogens is 352 g/mol. The van der Waals surface area contributed by atoms with E-state index in [2.05, 4.69) is 4.98 Å². The molecule has 0 spiro atoms. The molecule has 0 fully saturated rings. The quantitative estimate of drug-likeness (QED) is 0.716. The number of benzene rings is 1. The van der Waals surface area contributed by atoms with Crippen LogP contribution in [0, 0.1) is 6.92 Å². The molecule has 2 aromatic heterocycles. The van der Waals surface area contributed by atoms with Crippen molar-refractivity contribution in [2.75, 3.05) is 7.11 Å². The normalized spacial score (nSPS) is 11.0. The minimum Gasteiger partial charge on any atom is -0.496 e. The van der Waals surface area contributed by atoms with Crippen molar-refractivity contribution >= 4 is 27.5 Å². The second-order valence-corrected chi connectivity index (χ2v) is 6.95. The first-order valence-electron chi connectivity index (χ1n) is 8.34. The van der Waals surface area contributed by atoms with Crippen LogP contribution in [-0.2, 0) is 17.8 Å². The van der Waals surface area contributed by atoms with E-state index in [0.717, 1.165) is 23.1 Å². The van der Waals surface area contributed by atoms with Gasteiger partial charge >= 0.3 is 5.97 Å². The van der Waals surface area contributed by atoms with E-state index in [-0.39, 0.29) is 5.56 Å². The van der Waals surface area contributed by atoms with Gasteiger partial charge in [0.2, 0.25) is 0 Å². The van der Waals surface area contributed by atoms with Crippen molar-refractivity contribution in [2.24, 2.45) is 0 Å². The summed E-state index contributed by atoms with van der Waals surface area (Å²) in [5, 5.41) is 11.5. The van der Waals surface area contributed by atoms with Crippen molar-refractivity contribution in [3.63, 3.8) is 0 Å². The lowest BCUT2D eigenvalue weighted by Crippen LogP contribution is -2.28. The van der Waals surface area contributed by atoms with Crippen LogP contribution in [0.25, 0.3) is 21.3 Å². The topological polar surface area (TPSA) is 81.4 Å². The summed E-state index contributed by atoms with van der Waals surface area (Å²) >= 11 is 1.39. The highest BCUT2D eigenvalue weighted by Gasteiger charge is 2.20. The summed E-state index contributed by atoms with van der Waals surface area (Å²) in [7, 11) is 1.59. The van der Waals surface area contributed by atoms with E-state index >= 15 is 0 Å². The van der Waals surface area contributed by atoms with Crippen LogP contribution in [0.4, 0.5) is 0 Å². The molecule has 3 rings (SSSR count). The molecule has 0 saturated carbocycles. The van der Waals surface area contributed by atoms with E-state index in [1.807, 2.05) is 37.4 Å². The summed E-state index contributed by atoms with van der Waals surface area (Å²) in [5.74, 6) is 0.115. The highest BCUT2D eigenvalue weighted by atomic mass is 32.1. The number of ether oxygens (including phenoxy) is 1. The summed E-state index contributed by atoms with van der Waals surface area (Å²) in [6.45, 7) is 3.55. The summed E-state index contributed by atoms with van der Waals surface area (Å²) < 4.78 is 6.72. The molecule has 0 saturated heterocycles. The smallest absolute Gasteiger partial charge is 0.323 e. The Labute approximate surface area is 154 Å². The molecule has 0 aliphatic heterocycles. The number of carboxylic acids is 1. The lowest BCUT2D eigenvalue weighted by Gasteiger charge is -2.12. The van der Waals surface area contributed by atoms with Crippen molar-refractivity contribution in [3.05, 3.63) is 45.3 Å². The molecule has 0 aliphatic carbocycles. The number of rotatable bonds is 6. The van der Waals surface area contributed by atoms with E-state index in [0.29, 0.717) is 28.2 Å². The molecule has 26 heavy (non-hydrogen) atoms. The van der Waals surface area contributed by atoms with Gasteiger partial charge in [-0.2, -0.15) is 0 Å². The summed E-state index contributed by atoms with van der Waals surface area (Å²) in [4.78, 5) is 29.6. The molecule has 0 unspecified atom stereocenters. The highest BCUT2D eigenvalue weighted by Crippen LogP contribution is 2.37. The summed E-state index contributed by atoms with van der Waals surface area (Å²) in [6, 6.07) is 5.77. The Hall–Kier alpha value is -2.67. The Morgan fingerprint density at radius 3 is 2.77 bits per heavy atom. The minimum absolute atomic E-state index is 0.319. The molecule has 0 amide bonds. The van der Waals surface area contributed by atoms with Gasteiger partial charge in [0.1, 0.15) is 22.9 Å². The van der Waals surface area contributed by atoms with Crippen LogP contribution in [0.5, 0.6) is 5.75 Å². The maximum atomic E-state index is 13.1. The molecule has 0 radical (unpaired) electrons. The highest BCUT2D eigenvalue weighted by molar-refractivity contribution is 7.17. The third-order valence-corrected chi connectivity index (χ3v) is 5.06. The van der Waals surface area contributed by atoms with Gasteiger partial charge < -0.3 is 9.84 Å². The number of thiophene rings is 1. The van der Waals surface area contributed by atoms with Gasteiger partial charge in [-0.15, -0.1) is 11.3 Å². The number of aromatic nitrogens is 2. The van der Waals surface area contributed by atoms with Gasteiger partial charge in [-0.3, -0.25) is 14.2 Å². The third-order valence-electron chi connectivity index (χ3n) is 4.18. The van der Waals surface area contributed by atoms with Crippen LogP contribution in [0.2, 0.25) is 0 Å².